The zero-order valence-electron chi connectivity index (χ0n) is 15.1. The lowest BCUT2D eigenvalue weighted by Crippen LogP contribution is -2.44. The Morgan fingerprint density at radius 3 is 2.73 bits per heavy atom. The van der Waals surface area contributed by atoms with E-state index in [9.17, 15) is 18.0 Å². The summed E-state index contributed by atoms with van der Waals surface area (Å²) in [5.74, 6) is -0.604. The maximum absolute atomic E-state index is 13.0. The van der Waals surface area contributed by atoms with E-state index in [2.05, 4.69) is 15.3 Å². The van der Waals surface area contributed by atoms with Gasteiger partial charge in [0.25, 0.3) is 0 Å². The van der Waals surface area contributed by atoms with E-state index < -0.39 is 23.4 Å². The zero-order chi connectivity index (χ0) is 19.5. The Morgan fingerprint density at radius 1 is 1.42 bits per heavy atom. The van der Waals surface area contributed by atoms with Gasteiger partial charge in [-0.25, -0.2) is 9.78 Å². The van der Waals surface area contributed by atoms with Gasteiger partial charge in [0.05, 0.1) is 0 Å². The molecule has 0 saturated carbocycles. The first kappa shape index (κ1) is 20.1. The number of aromatic nitrogens is 2. The van der Waals surface area contributed by atoms with Gasteiger partial charge < -0.3 is 20.7 Å². The number of nitrogens with zero attached hydrogens (tertiary/aromatic N) is 3. The maximum Gasteiger partial charge on any atom is 0.421 e. The van der Waals surface area contributed by atoms with Gasteiger partial charge in [-0.05, 0) is 39.5 Å². The molecule has 1 atom stereocenters. The molecular formula is C16H24F3N5O2. The standard InChI is InChI=1S/C16H24F3N5O2/c1-15(2,3)26-14(25)24-6-4-5-10(9-24)7-21-12-11(16(17,18)19)8-22-13(20)23-12/h8,10H,4-7,9H2,1-3H3,(H3,20,21,22,23). The molecule has 26 heavy (non-hydrogen) atoms. The second-order valence-corrected chi connectivity index (χ2v) is 7.30. The molecule has 1 fully saturated rings. The molecule has 1 aromatic rings. The number of rotatable bonds is 3. The van der Waals surface area contributed by atoms with Gasteiger partial charge >= 0.3 is 12.3 Å². The van der Waals surface area contributed by atoms with Crippen LogP contribution in [0.5, 0.6) is 0 Å². The second kappa shape index (κ2) is 7.55. The highest BCUT2D eigenvalue weighted by molar-refractivity contribution is 5.68. The highest BCUT2D eigenvalue weighted by Crippen LogP contribution is 2.33. The lowest BCUT2D eigenvalue weighted by atomic mass is 9.98. The number of hydrogen-bond donors (Lipinski definition) is 2. The molecule has 2 heterocycles. The Labute approximate surface area is 150 Å². The van der Waals surface area contributed by atoms with E-state index in [4.69, 9.17) is 10.5 Å². The summed E-state index contributed by atoms with van der Waals surface area (Å²) in [6, 6.07) is 0. The third kappa shape index (κ3) is 5.63. The maximum atomic E-state index is 13.0. The van der Waals surface area contributed by atoms with Gasteiger partial charge in [0, 0.05) is 25.8 Å². The number of alkyl halides is 3. The number of nitrogens with one attached hydrogen (secondary N) is 1. The third-order valence-corrected chi connectivity index (χ3v) is 3.84. The van der Waals surface area contributed by atoms with Crippen molar-refractivity contribution in [2.45, 2.75) is 45.4 Å². The molecule has 0 aliphatic carbocycles. The Kier molecular flexibility index (Phi) is 5.82. The van der Waals surface area contributed by atoms with Crippen LogP contribution in [0.25, 0.3) is 0 Å². The number of nitrogens with two attached hydrogens (primary N) is 1. The van der Waals surface area contributed by atoms with E-state index >= 15 is 0 Å². The number of nitrogen functional groups attached to an aromatic ring is 1. The number of hydrogen-bond acceptors (Lipinski definition) is 6. The van der Waals surface area contributed by atoms with Crippen molar-refractivity contribution in [3.8, 4) is 0 Å². The molecule has 2 rings (SSSR count). The molecule has 1 aromatic heterocycles. The fourth-order valence-corrected chi connectivity index (χ4v) is 2.70. The summed E-state index contributed by atoms with van der Waals surface area (Å²) in [4.78, 5) is 20.8. The molecule has 3 N–H and O–H groups in total. The van der Waals surface area contributed by atoms with Crippen molar-refractivity contribution in [1.29, 1.82) is 0 Å². The summed E-state index contributed by atoms with van der Waals surface area (Å²) in [6.45, 7) is 6.56. The van der Waals surface area contributed by atoms with Crippen molar-refractivity contribution < 1.29 is 22.7 Å². The number of carbonyl (C=O) groups is 1. The topological polar surface area (TPSA) is 93.4 Å². The molecule has 0 aromatic carbocycles. The smallest absolute Gasteiger partial charge is 0.421 e. The van der Waals surface area contributed by atoms with E-state index in [0.717, 1.165) is 12.8 Å². The average molecular weight is 375 g/mol. The first-order valence-electron chi connectivity index (χ1n) is 8.37. The monoisotopic (exact) mass is 375 g/mol. The van der Waals surface area contributed by atoms with Gasteiger partial charge in [0.1, 0.15) is 17.0 Å². The van der Waals surface area contributed by atoms with Crippen molar-refractivity contribution in [2.24, 2.45) is 5.92 Å². The summed E-state index contributed by atoms with van der Waals surface area (Å²) >= 11 is 0. The van der Waals surface area contributed by atoms with E-state index in [1.165, 1.54) is 0 Å². The molecular weight excluding hydrogens is 351 g/mol. The number of amides is 1. The largest absolute Gasteiger partial charge is 0.444 e. The van der Waals surface area contributed by atoms with Crippen LogP contribution in [-0.2, 0) is 10.9 Å². The summed E-state index contributed by atoms with van der Waals surface area (Å²) in [6.07, 6.45) is -2.79. The molecule has 7 nitrogen and oxygen atoms in total. The van der Waals surface area contributed by atoms with Gasteiger partial charge in [0.15, 0.2) is 0 Å². The molecule has 0 radical (unpaired) electrons. The summed E-state index contributed by atoms with van der Waals surface area (Å²) in [5, 5.41) is 2.71. The molecule has 146 valence electrons. The van der Waals surface area contributed by atoms with Crippen molar-refractivity contribution in [3.63, 3.8) is 0 Å². The number of piperidine rings is 1. The minimum absolute atomic E-state index is 0.0199. The van der Waals surface area contributed by atoms with Crippen LogP contribution in [0.2, 0.25) is 0 Å². The fraction of sp³-hybridized carbons (Fsp3) is 0.688. The quantitative estimate of drug-likeness (QED) is 0.843. The first-order valence-corrected chi connectivity index (χ1v) is 8.37. The highest BCUT2D eigenvalue weighted by Gasteiger charge is 2.35. The van der Waals surface area contributed by atoms with Crippen molar-refractivity contribution in [2.75, 3.05) is 30.7 Å². The molecule has 1 aliphatic rings. The Balaban J connectivity index is 2.00. The molecule has 1 saturated heterocycles. The lowest BCUT2D eigenvalue weighted by molar-refractivity contribution is -0.137. The molecule has 1 aliphatic heterocycles. The lowest BCUT2D eigenvalue weighted by Gasteiger charge is -2.34. The normalized spacial score (nSPS) is 18.5. The van der Waals surface area contributed by atoms with Crippen LogP contribution in [0.3, 0.4) is 0 Å². The van der Waals surface area contributed by atoms with Crippen LogP contribution in [-0.4, -0.2) is 46.2 Å². The van der Waals surface area contributed by atoms with E-state index in [0.29, 0.717) is 19.3 Å². The summed E-state index contributed by atoms with van der Waals surface area (Å²) in [7, 11) is 0. The minimum atomic E-state index is -4.58. The summed E-state index contributed by atoms with van der Waals surface area (Å²) in [5.41, 5.74) is 3.84. The second-order valence-electron chi connectivity index (χ2n) is 7.30. The van der Waals surface area contributed by atoms with Gasteiger partial charge in [-0.15, -0.1) is 0 Å². The van der Waals surface area contributed by atoms with Gasteiger partial charge in [-0.1, -0.05) is 0 Å². The zero-order valence-corrected chi connectivity index (χ0v) is 15.1. The molecule has 10 heteroatoms. The van der Waals surface area contributed by atoms with E-state index in [1.807, 2.05) is 0 Å². The average Bonchev–Trinajstić information content (AvgIpc) is 2.50. The Bertz CT molecular complexity index is 646. The van der Waals surface area contributed by atoms with Gasteiger partial charge in [0.2, 0.25) is 5.95 Å². The first-order chi connectivity index (χ1) is 12.0. The Morgan fingerprint density at radius 2 is 2.12 bits per heavy atom. The summed E-state index contributed by atoms with van der Waals surface area (Å²) < 4.78 is 44.5. The van der Waals surface area contributed by atoms with Crippen LogP contribution in [0, 0.1) is 5.92 Å². The number of anilines is 2. The van der Waals surface area contributed by atoms with E-state index in [1.54, 1.807) is 25.7 Å². The predicted molar refractivity (Wildman–Crippen MR) is 90.5 cm³/mol. The minimum Gasteiger partial charge on any atom is -0.444 e. The number of halogens is 3. The van der Waals surface area contributed by atoms with Crippen LogP contribution in [0.1, 0.15) is 39.2 Å². The Hall–Kier alpha value is -2.26. The van der Waals surface area contributed by atoms with Crippen LogP contribution in [0.4, 0.5) is 29.7 Å². The van der Waals surface area contributed by atoms with E-state index in [-0.39, 0.29) is 24.2 Å². The third-order valence-electron chi connectivity index (χ3n) is 3.84. The fourth-order valence-electron chi connectivity index (χ4n) is 2.70. The van der Waals surface area contributed by atoms with Gasteiger partial charge in [-0.2, -0.15) is 18.2 Å². The predicted octanol–water partition coefficient (Wildman–Crippen LogP) is 3.14. The molecule has 1 amide bonds. The van der Waals surface area contributed by atoms with Crippen LogP contribution in [0.15, 0.2) is 6.20 Å². The number of likely N-dealkylation sites (tertiary alicyclic amines) is 1. The molecule has 0 spiro atoms. The SMILES string of the molecule is CC(C)(C)OC(=O)N1CCCC(CNc2nc(N)ncc2C(F)(F)F)C1. The molecule has 0 bridgehead atoms. The van der Waals surface area contributed by atoms with Gasteiger partial charge in [-0.3, -0.25) is 0 Å². The van der Waals surface area contributed by atoms with Crippen molar-refractivity contribution >= 4 is 17.9 Å². The van der Waals surface area contributed by atoms with Crippen molar-refractivity contribution in [1.82, 2.24) is 14.9 Å². The van der Waals surface area contributed by atoms with Crippen LogP contribution >= 0.6 is 0 Å². The highest BCUT2D eigenvalue weighted by atomic mass is 19.4. The molecule has 1 unspecified atom stereocenters. The number of ether oxygens (including phenoxy) is 1. The number of carbonyl (C=O) groups excluding carboxylic acids is 1. The van der Waals surface area contributed by atoms with Crippen LogP contribution < -0.4 is 11.1 Å². The van der Waals surface area contributed by atoms with Crippen molar-refractivity contribution in [3.05, 3.63) is 11.8 Å².